The van der Waals surface area contributed by atoms with Gasteiger partial charge in [-0.1, -0.05) is 19.9 Å². The highest BCUT2D eigenvalue weighted by Gasteiger charge is 2.44. The number of ether oxygens (including phenoxy) is 1. The van der Waals surface area contributed by atoms with Crippen molar-refractivity contribution in [3.63, 3.8) is 0 Å². The molecule has 0 aromatic heterocycles. The molecule has 1 aliphatic heterocycles. The van der Waals surface area contributed by atoms with E-state index < -0.39 is 0 Å². The first-order valence-electron chi connectivity index (χ1n) is 8.28. The number of hydrogen-bond donors (Lipinski definition) is 1. The summed E-state index contributed by atoms with van der Waals surface area (Å²) in [5.74, 6) is 0.248. The molecule has 22 heavy (non-hydrogen) atoms. The topological polar surface area (TPSA) is 58.6 Å². The predicted molar refractivity (Wildman–Crippen MR) is 85.0 cm³/mol. The molecule has 124 valence electrons. The van der Waals surface area contributed by atoms with Crippen LogP contribution in [0.5, 0.6) is 0 Å². The Kier molecular flexibility index (Phi) is 5.62. The highest BCUT2D eigenvalue weighted by atomic mass is 16.5. The summed E-state index contributed by atoms with van der Waals surface area (Å²) in [4.78, 5) is 26.1. The van der Waals surface area contributed by atoms with Crippen molar-refractivity contribution < 1.29 is 14.3 Å². The van der Waals surface area contributed by atoms with Gasteiger partial charge in [-0.3, -0.25) is 9.59 Å². The third kappa shape index (κ3) is 3.51. The zero-order valence-electron chi connectivity index (χ0n) is 14.0. The van der Waals surface area contributed by atoms with E-state index in [1.807, 2.05) is 18.7 Å². The van der Waals surface area contributed by atoms with Crippen molar-refractivity contribution in [1.29, 1.82) is 0 Å². The maximum absolute atomic E-state index is 12.3. The van der Waals surface area contributed by atoms with Gasteiger partial charge in [-0.05, 0) is 25.7 Å². The Morgan fingerprint density at radius 2 is 2.23 bits per heavy atom. The second kappa shape index (κ2) is 7.27. The van der Waals surface area contributed by atoms with Crippen molar-refractivity contribution in [3.05, 3.63) is 11.8 Å². The van der Waals surface area contributed by atoms with Crippen LogP contribution in [-0.4, -0.2) is 43.5 Å². The largest absolute Gasteiger partial charge is 0.383 e. The van der Waals surface area contributed by atoms with E-state index in [4.69, 9.17) is 4.74 Å². The maximum Gasteiger partial charge on any atom is 0.226 e. The van der Waals surface area contributed by atoms with Crippen molar-refractivity contribution >= 4 is 11.8 Å². The molecule has 1 unspecified atom stereocenters. The number of amides is 2. The predicted octanol–water partition coefficient (Wildman–Crippen LogP) is 2.08. The number of nitrogens with zero attached hydrogens (tertiary/aromatic N) is 1. The fourth-order valence-corrected chi connectivity index (χ4v) is 3.44. The average Bonchev–Trinajstić information content (AvgIpc) is 2.52. The van der Waals surface area contributed by atoms with Gasteiger partial charge in [0.15, 0.2) is 0 Å². The third-order valence-electron chi connectivity index (χ3n) is 4.79. The van der Waals surface area contributed by atoms with E-state index in [1.165, 1.54) is 0 Å². The molecule has 0 aromatic carbocycles. The molecule has 1 fully saturated rings. The molecule has 2 amide bonds. The molecule has 0 radical (unpaired) electrons. The normalized spacial score (nSPS) is 25.0. The molecular formula is C17H28N2O3. The molecule has 1 saturated heterocycles. The monoisotopic (exact) mass is 308 g/mol. The molecule has 5 nitrogen and oxygen atoms in total. The lowest BCUT2D eigenvalue weighted by Crippen LogP contribution is -2.51. The lowest BCUT2D eigenvalue weighted by Gasteiger charge is -2.47. The quantitative estimate of drug-likeness (QED) is 0.817. The summed E-state index contributed by atoms with van der Waals surface area (Å²) >= 11 is 0. The van der Waals surface area contributed by atoms with Gasteiger partial charge < -0.3 is 15.0 Å². The summed E-state index contributed by atoms with van der Waals surface area (Å²) in [5.41, 5.74) is 1.03. The standard InChI is InChI=1S/C17H28N2O3/c1-13(2)16(21)18-12-17-8-5-4-6-14(17)19(10-11-22-3)15(20)7-9-17/h6,13H,4-5,7-12H2,1-3H3,(H,18,21). The Labute approximate surface area is 133 Å². The molecule has 2 aliphatic rings. The molecule has 0 bridgehead atoms. The van der Waals surface area contributed by atoms with Gasteiger partial charge >= 0.3 is 0 Å². The van der Waals surface area contributed by atoms with Gasteiger partial charge in [0.1, 0.15) is 0 Å². The number of nitrogens with one attached hydrogen (secondary N) is 1. The number of hydrogen-bond acceptors (Lipinski definition) is 3. The number of allylic oxidation sites excluding steroid dienone is 1. The smallest absolute Gasteiger partial charge is 0.226 e. The first-order valence-corrected chi connectivity index (χ1v) is 8.28. The Balaban J connectivity index is 2.16. The van der Waals surface area contributed by atoms with Gasteiger partial charge in [0.25, 0.3) is 0 Å². The minimum atomic E-state index is -0.0789. The van der Waals surface area contributed by atoms with Crippen LogP contribution < -0.4 is 5.32 Å². The molecule has 0 spiro atoms. The van der Waals surface area contributed by atoms with E-state index >= 15 is 0 Å². The molecule has 5 heteroatoms. The first kappa shape index (κ1) is 17.0. The highest BCUT2D eigenvalue weighted by molar-refractivity contribution is 5.80. The van der Waals surface area contributed by atoms with Crippen LogP contribution in [0, 0.1) is 11.3 Å². The molecule has 1 heterocycles. The van der Waals surface area contributed by atoms with Crippen molar-refractivity contribution in [1.82, 2.24) is 10.2 Å². The van der Waals surface area contributed by atoms with Crippen LogP contribution in [0.15, 0.2) is 11.8 Å². The molecular weight excluding hydrogens is 280 g/mol. The highest BCUT2D eigenvalue weighted by Crippen LogP contribution is 2.46. The maximum atomic E-state index is 12.3. The minimum absolute atomic E-state index is 0.0118. The fourth-order valence-electron chi connectivity index (χ4n) is 3.44. The number of carbonyl (C=O) groups is 2. The van der Waals surface area contributed by atoms with Gasteiger partial charge in [-0.25, -0.2) is 0 Å². The summed E-state index contributed by atoms with van der Waals surface area (Å²) < 4.78 is 5.14. The van der Waals surface area contributed by atoms with E-state index in [2.05, 4.69) is 11.4 Å². The van der Waals surface area contributed by atoms with Crippen molar-refractivity contribution in [2.45, 2.75) is 46.0 Å². The number of piperidine rings is 1. The molecule has 1 aliphatic carbocycles. The Hall–Kier alpha value is -1.36. The zero-order chi connectivity index (χ0) is 16.2. The van der Waals surface area contributed by atoms with Crippen LogP contribution in [0.2, 0.25) is 0 Å². The van der Waals surface area contributed by atoms with Crippen LogP contribution >= 0.6 is 0 Å². The Morgan fingerprint density at radius 1 is 1.45 bits per heavy atom. The molecule has 0 saturated carbocycles. The second-order valence-corrected chi connectivity index (χ2v) is 6.67. The van der Waals surface area contributed by atoms with Crippen LogP contribution in [0.3, 0.4) is 0 Å². The summed E-state index contributed by atoms with van der Waals surface area (Å²) in [7, 11) is 1.65. The van der Waals surface area contributed by atoms with Crippen LogP contribution in [0.1, 0.15) is 46.0 Å². The number of carbonyl (C=O) groups excluding carboxylic acids is 2. The average molecular weight is 308 g/mol. The summed E-state index contributed by atoms with van der Waals surface area (Å²) in [5, 5.41) is 3.08. The summed E-state index contributed by atoms with van der Waals surface area (Å²) in [6, 6.07) is 0. The van der Waals surface area contributed by atoms with Gasteiger partial charge in [-0.15, -0.1) is 0 Å². The van der Waals surface area contributed by atoms with E-state index in [0.717, 1.165) is 31.4 Å². The Bertz CT molecular complexity index is 459. The van der Waals surface area contributed by atoms with E-state index in [1.54, 1.807) is 7.11 Å². The molecule has 1 N–H and O–H groups in total. The molecule has 2 rings (SSSR count). The van der Waals surface area contributed by atoms with Gasteiger partial charge in [0.2, 0.25) is 11.8 Å². The van der Waals surface area contributed by atoms with Crippen molar-refractivity contribution in [3.8, 4) is 0 Å². The Morgan fingerprint density at radius 3 is 2.91 bits per heavy atom. The SMILES string of the molecule is COCCN1C(=O)CCC2(CNC(=O)C(C)C)CCCC=C12. The fraction of sp³-hybridized carbons (Fsp3) is 0.765. The minimum Gasteiger partial charge on any atom is -0.383 e. The van der Waals surface area contributed by atoms with E-state index in [9.17, 15) is 9.59 Å². The van der Waals surface area contributed by atoms with E-state index in [0.29, 0.717) is 26.1 Å². The van der Waals surface area contributed by atoms with Gasteiger partial charge in [-0.2, -0.15) is 0 Å². The van der Waals surface area contributed by atoms with Crippen molar-refractivity contribution in [2.24, 2.45) is 11.3 Å². The van der Waals surface area contributed by atoms with Gasteiger partial charge in [0.05, 0.1) is 6.61 Å². The molecule has 1 atom stereocenters. The lowest BCUT2D eigenvalue weighted by molar-refractivity contribution is -0.134. The van der Waals surface area contributed by atoms with Crippen LogP contribution in [0.25, 0.3) is 0 Å². The van der Waals surface area contributed by atoms with Crippen LogP contribution in [-0.2, 0) is 14.3 Å². The summed E-state index contributed by atoms with van der Waals surface area (Å²) in [6.45, 7) is 5.57. The van der Waals surface area contributed by atoms with Crippen molar-refractivity contribution in [2.75, 3.05) is 26.8 Å². The van der Waals surface area contributed by atoms with Gasteiger partial charge in [0, 0.05) is 43.7 Å². The zero-order valence-corrected chi connectivity index (χ0v) is 14.0. The lowest BCUT2D eigenvalue weighted by atomic mass is 9.69. The third-order valence-corrected chi connectivity index (χ3v) is 4.79. The first-order chi connectivity index (χ1) is 10.5. The number of methoxy groups -OCH3 is 1. The van der Waals surface area contributed by atoms with E-state index in [-0.39, 0.29) is 23.1 Å². The number of likely N-dealkylation sites (tertiary alicyclic amines) is 1. The van der Waals surface area contributed by atoms with Crippen LogP contribution in [0.4, 0.5) is 0 Å². The number of rotatable bonds is 6. The molecule has 0 aromatic rings. The second-order valence-electron chi connectivity index (χ2n) is 6.67. The summed E-state index contributed by atoms with van der Waals surface area (Å²) in [6.07, 6.45) is 6.74. The number of fused-ring (bicyclic) bond motifs is 1.